The van der Waals surface area contributed by atoms with Crippen molar-refractivity contribution in [2.45, 2.75) is 91.4 Å². The maximum Gasteiger partial charge on any atom is 0.00227 e. The van der Waals surface area contributed by atoms with Crippen molar-refractivity contribution in [1.82, 2.24) is 5.32 Å². The van der Waals surface area contributed by atoms with E-state index in [0.717, 1.165) is 5.92 Å². The summed E-state index contributed by atoms with van der Waals surface area (Å²) in [4.78, 5) is 0. The number of hydrogen-bond acceptors (Lipinski definition) is 1. The van der Waals surface area contributed by atoms with Gasteiger partial charge in [0.05, 0.1) is 0 Å². The quantitative estimate of drug-likeness (QED) is 0.458. The second kappa shape index (κ2) is 9.80. The molecule has 0 amide bonds. The lowest BCUT2D eigenvalue weighted by Crippen LogP contribution is -2.56. The summed E-state index contributed by atoms with van der Waals surface area (Å²) in [5.74, 6) is 0.854. The molecule has 0 aliphatic carbocycles. The molecule has 1 nitrogen and oxygen atoms in total. The van der Waals surface area contributed by atoms with Crippen LogP contribution < -0.4 is 5.32 Å². The van der Waals surface area contributed by atoms with E-state index in [1.165, 1.54) is 83.7 Å². The van der Waals surface area contributed by atoms with Gasteiger partial charge < -0.3 is 5.32 Å². The molecule has 0 aromatic heterocycles. The predicted molar refractivity (Wildman–Crippen MR) is 86.6 cm³/mol. The van der Waals surface area contributed by atoms with Crippen molar-refractivity contribution in [3.63, 3.8) is 0 Å². The molecule has 1 fully saturated rings. The summed E-state index contributed by atoms with van der Waals surface area (Å²) in [6, 6.07) is 0. The van der Waals surface area contributed by atoms with Gasteiger partial charge in [0, 0.05) is 13.1 Å². The summed E-state index contributed by atoms with van der Waals surface area (Å²) < 4.78 is 0. The van der Waals surface area contributed by atoms with Crippen LogP contribution in [0.1, 0.15) is 91.4 Å². The van der Waals surface area contributed by atoms with Crippen LogP contribution in [0, 0.1) is 11.3 Å². The zero-order valence-corrected chi connectivity index (χ0v) is 13.8. The Morgan fingerprint density at radius 1 is 0.789 bits per heavy atom. The van der Waals surface area contributed by atoms with E-state index in [2.05, 4.69) is 26.1 Å². The molecule has 0 radical (unpaired) electrons. The zero-order valence-electron chi connectivity index (χ0n) is 13.8. The normalized spacial score (nSPS) is 17.7. The smallest absolute Gasteiger partial charge is 0.00227 e. The first-order chi connectivity index (χ1) is 9.21. The molecule has 0 aromatic rings. The fourth-order valence-electron chi connectivity index (χ4n) is 3.28. The molecule has 0 spiro atoms. The summed E-state index contributed by atoms with van der Waals surface area (Å²) >= 11 is 0. The van der Waals surface area contributed by atoms with Crippen molar-refractivity contribution in [2.24, 2.45) is 11.3 Å². The van der Waals surface area contributed by atoms with Gasteiger partial charge in [-0.3, -0.25) is 0 Å². The lowest BCUT2D eigenvalue weighted by atomic mass is 9.69. The van der Waals surface area contributed by atoms with Gasteiger partial charge in [0.15, 0.2) is 0 Å². The van der Waals surface area contributed by atoms with Crippen LogP contribution in [0.4, 0.5) is 0 Å². The Kier molecular flexibility index (Phi) is 8.77. The van der Waals surface area contributed by atoms with Gasteiger partial charge in [0.2, 0.25) is 0 Å². The molecule has 1 aliphatic rings. The van der Waals surface area contributed by atoms with E-state index in [-0.39, 0.29) is 0 Å². The molecule has 0 aromatic carbocycles. The van der Waals surface area contributed by atoms with Crippen molar-refractivity contribution in [1.29, 1.82) is 0 Å². The van der Waals surface area contributed by atoms with Gasteiger partial charge in [-0.2, -0.15) is 0 Å². The number of rotatable bonds is 12. The molecule has 1 rings (SSSR count). The number of unbranched alkanes of at least 4 members (excludes halogenated alkanes) is 9. The maximum absolute atomic E-state index is 3.47. The maximum atomic E-state index is 3.47. The van der Waals surface area contributed by atoms with Gasteiger partial charge in [-0.05, 0) is 17.8 Å². The van der Waals surface area contributed by atoms with E-state index < -0.39 is 0 Å². The average molecular weight is 268 g/mol. The Morgan fingerprint density at radius 2 is 1.26 bits per heavy atom. The highest BCUT2D eigenvalue weighted by Crippen LogP contribution is 2.37. The molecule has 0 bridgehead atoms. The van der Waals surface area contributed by atoms with Gasteiger partial charge in [-0.1, -0.05) is 85.0 Å². The standard InChI is InChI=1S/C18H37N/c1-4-5-6-7-8-9-10-11-12-13-14-18(17(2)3)15-19-16-18/h17,19H,4-16H2,1-3H3. The second-order valence-corrected chi connectivity index (χ2v) is 7.05. The van der Waals surface area contributed by atoms with Crippen molar-refractivity contribution >= 4 is 0 Å². The minimum atomic E-state index is 0.653. The summed E-state index contributed by atoms with van der Waals surface area (Å²) in [6.07, 6.45) is 16.0. The third kappa shape index (κ3) is 6.29. The molecule has 1 aliphatic heterocycles. The van der Waals surface area contributed by atoms with Crippen molar-refractivity contribution < 1.29 is 0 Å². The minimum Gasteiger partial charge on any atom is -0.316 e. The van der Waals surface area contributed by atoms with Crippen molar-refractivity contribution in [2.75, 3.05) is 13.1 Å². The first-order valence-electron chi connectivity index (χ1n) is 8.92. The fraction of sp³-hybridized carbons (Fsp3) is 1.00. The highest BCUT2D eigenvalue weighted by molar-refractivity contribution is 4.94. The van der Waals surface area contributed by atoms with Crippen molar-refractivity contribution in [3.05, 3.63) is 0 Å². The predicted octanol–water partition coefficient (Wildman–Crippen LogP) is 5.54. The van der Waals surface area contributed by atoms with Crippen LogP contribution in [0.15, 0.2) is 0 Å². The topological polar surface area (TPSA) is 12.0 Å². The van der Waals surface area contributed by atoms with Crippen LogP contribution in [-0.4, -0.2) is 13.1 Å². The zero-order chi connectivity index (χ0) is 14.0. The molecule has 0 saturated carbocycles. The number of nitrogens with one attached hydrogen (secondary N) is 1. The SMILES string of the molecule is CCCCCCCCCCCCC1(C(C)C)CNC1. The molecule has 1 heterocycles. The van der Waals surface area contributed by atoms with Crippen LogP contribution in [0.3, 0.4) is 0 Å². The molecule has 1 saturated heterocycles. The monoisotopic (exact) mass is 267 g/mol. The Labute approximate surface area is 121 Å². The largest absolute Gasteiger partial charge is 0.316 e. The van der Waals surface area contributed by atoms with E-state index in [1.807, 2.05) is 0 Å². The highest BCUT2D eigenvalue weighted by Gasteiger charge is 2.38. The third-order valence-corrected chi connectivity index (χ3v) is 5.21. The van der Waals surface area contributed by atoms with Gasteiger partial charge >= 0.3 is 0 Å². The van der Waals surface area contributed by atoms with Crippen molar-refractivity contribution in [3.8, 4) is 0 Å². The van der Waals surface area contributed by atoms with Crippen LogP contribution in [0.2, 0.25) is 0 Å². The third-order valence-electron chi connectivity index (χ3n) is 5.21. The Morgan fingerprint density at radius 3 is 1.63 bits per heavy atom. The molecule has 0 atom stereocenters. The molecule has 1 N–H and O–H groups in total. The summed E-state index contributed by atoms with van der Waals surface area (Å²) in [5, 5.41) is 3.47. The summed E-state index contributed by atoms with van der Waals surface area (Å²) in [5.41, 5.74) is 0.653. The van der Waals surface area contributed by atoms with Gasteiger partial charge in [-0.15, -0.1) is 0 Å². The van der Waals surface area contributed by atoms with Gasteiger partial charge in [0.1, 0.15) is 0 Å². The molecule has 114 valence electrons. The Hall–Kier alpha value is -0.0400. The average Bonchev–Trinajstić information content (AvgIpc) is 2.33. The lowest BCUT2D eigenvalue weighted by molar-refractivity contribution is 0.0835. The van der Waals surface area contributed by atoms with Crippen LogP contribution in [-0.2, 0) is 0 Å². The summed E-state index contributed by atoms with van der Waals surface area (Å²) in [7, 11) is 0. The van der Waals surface area contributed by atoms with E-state index in [4.69, 9.17) is 0 Å². The Bertz CT molecular complexity index is 206. The van der Waals surface area contributed by atoms with Gasteiger partial charge in [-0.25, -0.2) is 0 Å². The van der Waals surface area contributed by atoms with E-state index in [0.29, 0.717) is 5.41 Å². The van der Waals surface area contributed by atoms with Crippen LogP contribution in [0.25, 0.3) is 0 Å². The van der Waals surface area contributed by atoms with Gasteiger partial charge in [0.25, 0.3) is 0 Å². The lowest BCUT2D eigenvalue weighted by Gasteiger charge is -2.46. The molecular formula is C18H37N. The number of hydrogen-bond donors (Lipinski definition) is 1. The molecular weight excluding hydrogens is 230 g/mol. The first kappa shape index (κ1) is 17.0. The second-order valence-electron chi connectivity index (χ2n) is 7.05. The van der Waals surface area contributed by atoms with Crippen LogP contribution >= 0.6 is 0 Å². The van der Waals surface area contributed by atoms with E-state index >= 15 is 0 Å². The molecule has 0 unspecified atom stereocenters. The Balaban J connectivity index is 1.86. The molecule has 1 heteroatoms. The fourth-order valence-corrected chi connectivity index (χ4v) is 3.28. The highest BCUT2D eigenvalue weighted by atomic mass is 15.0. The minimum absolute atomic E-state index is 0.653. The first-order valence-corrected chi connectivity index (χ1v) is 8.92. The summed E-state index contributed by atoms with van der Waals surface area (Å²) in [6.45, 7) is 9.63. The van der Waals surface area contributed by atoms with E-state index in [1.54, 1.807) is 0 Å². The molecule has 19 heavy (non-hydrogen) atoms. The van der Waals surface area contributed by atoms with Crippen LogP contribution in [0.5, 0.6) is 0 Å². The van der Waals surface area contributed by atoms with E-state index in [9.17, 15) is 0 Å².